The third-order valence-electron chi connectivity index (χ3n) is 7.09. The Hall–Kier alpha value is -3.81. The molecule has 1 aliphatic rings. The zero-order valence-corrected chi connectivity index (χ0v) is 21.7. The van der Waals surface area contributed by atoms with Gasteiger partial charge >= 0.3 is 7.60 Å². The highest BCUT2D eigenvalue weighted by molar-refractivity contribution is 7.60. The van der Waals surface area contributed by atoms with Crippen molar-refractivity contribution in [3.8, 4) is 16.9 Å². The molecule has 1 fully saturated rings. The first-order valence-corrected chi connectivity index (χ1v) is 14.1. The third-order valence-corrected chi connectivity index (χ3v) is 8.04. The molecular formula is C30H27FNO6P. The van der Waals surface area contributed by atoms with Crippen LogP contribution in [0.2, 0.25) is 0 Å². The fourth-order valence-electron chi connectivity index (χ4n) is 5.14. The number of benzene rings is 4. The standard InChI is InChI=1S/C30H27FNO6P/c31-22-8-4-7-20(16-22)27(33)15-14-26-29(32(30(26)35)23-9-2-1-3-10-23)21-12-13-25(28(34)18-21)19-6-5-11-24(17-19)39(36,37)38/h1-13,16-18,26-27,29,33-34H,14-15H2,(H2,36,37,38)/t26-,27+,29-/m1/s1. The van der Waals surface area contributed by atoms with Crippen LogP contribution in [0.15, 0.2) is 97.1 Å². The lowest BCUT2D eigenvalue weighted by atomic mass is 9.78. The Balaban J connectivity index is 1.44. The number of aliphatic hydroxyl groups excluding tert-OH is 1. The monoisotopic (exact) mass is 547 g/mol. The van der Waals surface area contributed by atoms with Crippen molar-refractivity contribution in [3.63, 3.8) is 0 Å². The van der Waals surface area contributed by atoms with Crippen molar-refractivity contribution in [3.05, 3.63) is 114 Å². The highest BCUT2D eigenvalue weighted by atomic mass is 31.2. The first-order valence-electron chi connectivity index (χ1n) is 12.4. The minimum absolute atomic E-state index is 0.0960. The molecule has 4 aromatic carbocycles. The van der Waals surface area contributed by atoms with Crippen molar-refractivity contribution < 1.29 is 33.7 Å². The van der Waals surface area contributed by atoms with Gasteiger partial charge in [-0.05, 0) is 72.0 Å². The van der Waals surface area contributed by atoms with E-state index in [2.05, 4.69) is 0 Å². The van der Waals surface area contributed by atoms with Gasteiger partial charge in [0.1, 0.15) is 11.6 Å². The number of halogens is 1. The molecule has 4 aromatic rings. The summed E-state index contributed by atoms with van der Waals surface area (Å²) >= 11 is 0. The summed E-state index contributed by atoms with van der Waals surface area (Å²) in [6, 6.07) is 25.3. The lowest BCUT2D eigenvalue weighted by molar-refractivity contribution is -0.131. The van der Waals surface area contributed by atoms with Crippen molar-refractivity contribution >= 4 is 24.5 Å². The highest BCUT2D eigenvalue weighted by Gasteiger charge is 2.48. The predicted octanol–water partition coefficient (Wildman–Crippen LogP) is 5.22. The van der Waals surface area contributed by atoms with Crippen LogP contribution in [0.4, 0.5) is 10.1 Å². The number of β-lactam (4-membered cyclic amide) rings is 1. The number of anilines is 1. The molecule has 1 saturated heterocycles. The Labute approximate surface area is 225 Å². The van der Waals surface area contributed by atoms with Crippen LogP contribution >= 0.6 is 7.60 Å². The number of rotatable bonds is 8. The van der Waals surface area contributed by atoms with Gasteiger partial charge in [-0.2, -0.15) is 0 Å². The molecule has 7 nitrogen and oxygen atoms in total. The third kappa shape index (κ3) is 5.51. The number of para-hydroxylation sites is 1. The molecule has 1 aliphatic heterocycles. The number of aliphatic hydroxyl groups is 1. The number of hydrogen-bond acceptors (Lipinski definition) is 4. The number of nitrogens with zero attached hydrogens (tertiary/aromatic N) is 1. The van der Waals surface area contributed by atoms with E-state index in [1.54, 1.807) is 35.2 Å². The summed E-state index contributed by atoms with van der Waals surface area (Å²) in [6.45, 7) is 0. The van der Waals surface area contributed by atoms with Crippen LogP contribution in [-0.4, -0.2) is 25.9 Å². The molecule has 0 bridgehead atoms. The van der Waals surface area contributed by atoms with Gasteiger partial charge < -0.3 is 24.9 Å². The SMILES string of the molecule is O=C1[C@H](CC[C@H](O)c2cccc(F)c2)[C@@H](c2ccc(-c3cccc(P(=O)(O)O)c3)c(O)c2)N1c1ccccc1. The number of carbonyl (C=O) groups is 1. The van der Waals surface area contributed by atoms with E-state index in [0.29, 0.717) is 34.4 Å². The summed E-state index contributed by atoms with van der Waals surface area (Å²) in [7, 11) is -4.47. The quantitative estimate of drug-likeness (QED) is 0.178. The van der Waals surface area contributed by atoms with E-state index in [9.17, 15) is 33.7 Å². The molecule has 0 aliphatic carbocycles. The van der Waals surface area contributed by atoms with Gasteiger partial charge in [0.2, 0.25) is 5.91 Å². The summed E-state index contributed by atoms with van der Waals surface area (Å²) in [5, 5.41) is 21.4. The van der Waals surface area contributed by atoms with Crippen molar-refractivity contribution in [2.24, 2.45) is 5.92 Å². The first kappa shape index (κ1) is 26.8. The Bertz CT molecular complexity index is 1560. The molecule has 1 amide bonds. The minimum atomic E-state index is -4.47. The zero-order valence-electron chi connectivity index (χ0n) is 20.8. The maximum atomic E-state index is 13.6. The highest BCUT2D eigenvalue weighted by Crippen LogP contribution is 2.47. The maximum absolute atomic E-state index is 13.6. The molecule has 1 heterocycles. The van der Waals surface area contributed by atoms with Crippen LogP contribution < -0.4 is 10.2 Å². The van der Waals surface area contributed by atoms with Crippen LogP contribution in [0, 0.1) is 11.7 Å². The molecule has 0 aromatic heterocycles. The predicted molar refractivity (Wildman–Crippen MR) is 146 cm³/mol. The molecule has 0 saturated carbocycles. The molecular weight excluding hydrogens is 520 g/mol. The van der Waals surface area contributed by atoms with E-state index in [0.717, 1.165) is 0 Å². The van der Waals surface area contributed by atoms with Crippen LogP contribution in [0.5, 0.6) is 5.75 Å². The molecule has 4 N–H and O–H groups in total. The normalized spacial score (nSPS) is 18.1. The van der Waals surface area contributed by atoms with Crippen LogP contribution in [-0.2, 0) is 9.36 Å². The largest absolute Gasteiger partial charge is 0.507 e. The lowest BCUT2D eigenvalue weighted by Crippen LogP contribution is -2.55. The average Bonchev–Trinajstić information content (AvgIpc) is 2.91. The zero-order chi connectivity index (χ0) is 27.7. The molecule has 200 valence electrons. The van der Waals surface area contributed by atoms with E-state index < -0.39 is 31.5 Å². The van der Waals surface area contributed by atoms with Crippen molar-refractivity contribution in [2.75, 3.05) is 4.90 Å². The average molecular weight is 548 g/mol. The smallest absolute Gasteiger partial charge is 0.356 e. The number of phenols is 1. The van der Waals surface area contributed by atoms with Crippen LogP contribution in [0.1, 0.15) is 36.1 Å². The van der Waals surface area contributed by atoms with Gasteiger partial charge in [0.25, 0.3) is 0 Å². The Morgan fingerprint density at radius 1 is 0.897 bits per heavy atom. The number of hydrogen-bond donors (Lipinski definition) is 4. The number of carbonyl (C=O) groups excluding carboxylic acids is 1. The molecule has 0 unspecified atom stereocenters. The van der Waals surface area contributed by atoms with Crippen LogP contribution in [0.25, 0.3) is 11.1 Å². The summed E-state index contributed by atoms with van der Waals surface area (Å²) in [5.41, 5.74) is 2.66. The van der Waals surface area contributed by atoms with E-state index >= 15 is 0 Å². The second-order valence-corrected chi connectivity index (χ2v) is 11.2. The molecule has 0 radical (unpaired) electrons. The molecule has 9 heteroatoms. The summed E-state index contributed by atoms with van der Waals surface area (Å²) < 4.78 is 25.3. The van der Waals surface area contributed by atoms with Crippen molar-refractivity contribution in [1.29, 1.82) is 0 Å². The van der Waals surface area contributed by atoms with Gasteiger partial charge in [-0.25, -0.2) is 4.39 Å². The summed E-state index contributed by atoms with van der Waals surface area (Å²) in [6.07, 6.45) is -0.340. The molecule has 0 spiro atoms. The Morgan fingerprint density at radius 3 is 2.33 bits per heavy atom. The second-order valence-electron chi connectivity index (χ2n) is 9.61. The van der Waals surface area contributed by atoms with Gasteiger partial charge in [-0.15, -0.1) is 0 Å². The summed E-state index contributed by atoms with van der Waals surface area (Å²) in [4.78, 5) is 34.0. The summed E-state index contributed by atoms with van der Waals surface area (Å²) in [5.74, 6) is -1.13. The fraction of sp³-hybridized carbons (Fsp3) is 0.167. The molecule has 3 atom stereocenters. The van der Waals surface area contributed by atoms with Gasteiger partial charge in [0.05, 0.1) is 23.4 Å². The number of aromatic hydroxyl groups is 1. The van der Waals surface area contributed by atoms with Crippen molar-refractivity contribution in [1.82, 2.24) is 0 Å². The number of amides is 1. The van der Waals surface area contributed by atoms with E-state index in [1.807, 2.05) is 30.3 Å². The topological polar surface area (TPSA) is 118 Å². The van der Waals surface area contributed by atoms with Crippen LogP contribution in [0.3, 0.4) is 0 Å². The molecule has 39 heavy (non-hydrogen) atoms. The molecule has 5 rings (SSSR count). The van der Waals surface area contributed by atoms with E-state index in [-0.39, 0.29) is 23.4 Å². The van der Waals surface area contributed by atoms with Crippen molar-refractivity contribution in [2.45, 2.75) is 25.0 Å². The fourth-order valence-corrected chi connectivity index (χ4v) is 5.72. The van der Waals surface area contributed by atoms with Gasteiger partial charge in [0, 0.05) is 11.3 Å². The Kier molecular flexibility index (Phi) is 7.38. The second kappa shape index (κ2) is 10.8. The van der Waals surface area contributed by atoms with Gasteiger partial charge in [-0.1, -0.05) is 54.6 Å². The van der Waals surface area contributed by atoms with E-state index in [1.165, 1.54) is 36.4 Å². The first-order chi connectivity index (χ1) is 18.6. The minimum Gasteiger partial charge on any atom is -0.507 e. The van der Waals surface area contributed by atoms with E-state index in [4.69, 9.17) is 0 Å². The lowest BCUT2D eigenvalue weighted by Gasteiger charge is -2.48. The Morgan fingerprint density at radius 2 is 1.64 bits per heavy atom. The van der Waals surface area contributed by atoms with Gasteiger partial charge in [0.15, 0.2) is 0 Å². The maximum Gasteiger partial charge on any atom is 0.356 e. The van der Waals surface area contributed by atoms with Gasteiger partial charge in [-0.3, -0.25) is 9.36 Å². The number of phenolic OH excluding ortho intramolecular Hbond substituents is 1.